The van der Waals surface area contributed by atoms with Crippen molar-refractivity contribution < 1.29 is 9.59 Å². The third-order valence-corrected chi connectivity index (χ3v) is 4.41. The molecule has 86 valence electrons. The topological polar surface area (TPSA) is 34.1 Å². The summed E-state index contributed by atoms with van der Waals surface area (Å²) in [7, 11) is 0. The van der Waals surface area contributed by atoms with Crippen LogP contribution in [0.25, 0.3) is 0 Å². The van der Waals surface area contributed by atoms with Crippen LogP contribution in [0.3, 0.4) is 0 Å². The van der Waals surface area contributed by atoms with Crippen LogP contribution < -0.4 is 0 Å². The molecule has 0 N–H and O–H groups in total. The van der Waals surface area contributed by atoms with E-state index in [1.807, 2.05) is 26.0 Å². The van der Waals surface area contributed by atoms with Gasteiger partial charge in [0.1, 0.15) is 5.78 Å². The zero-order valence-corrected chi connectivity index (χ0v) is 10.5. The van der Waals surface area contributed by atoms with Crippen LogP contribution in [-0.2, 0) is 4.79 Å². The summed E-state index contributed by atoms with van der Waals surface area (Å²) >= 11 is 1.49. The minimum atomic E-state index is -0.754. The lowest BCUT2D eigenvalue weighted by atomic mass is 9.71. The quantitative estimate of drug-likeness (QED) is 0.582. The van der Waals surface area contributed by atoms with Crippen LogP contribution >= 0.6 is 11.3 Å². The Morgan fingerprint density at radius 1 is 1.38 bits per heavy atom. The molecule has 1 aromatic heterocycles. The van der Waals surface area contributed by atoms with Crippen LogP contribution in [0.4, 0.5) is 0 Å². The number of hydrogen-bond acceptors (Lipinski definition) is 3. The van der Waals surface area contributed by atoms with Crippen molar-refractivity contribution in [3.05, 3.63) is 21.9 Å². The minimum Gasteiger partial charge on any atom is -0.299 e. The van der Waals surface area contributed by atoms with E-state index in [0.29, 0.717) is 12.8 Å². The molecule has 0 radical (unpaired) electrons. The van der Waals surface area contributed by atoms with E-state index in [-0.39, 0.29) is 11.6 Å². The second-order valence-corrected chi connectivity index (χ2v) is 5.99. The van der Waals surface area contributed by atoms with Crippen molar-refractivity contribution in [3.8, 4) is 0 Å². The molecule has 3 heteroatoms. The fourth-order valence-corrected chi connectivity index (χ4v) is 3.19. The molecule has 0 bridgehead atoms. The smallest absolute Gasteiger partial charge is 0.186 e. The van der Waals surface area contributed by atoms with Crippen LogP contribution in [0, 0.1) is 12.3 Å². The van der Waals surface area contributed by atoms with E-state index in [9.17, 15) is 9.59 Å². The first-order chi connectivity index (χ1) is 7.54. The van der Waals surface area contributed by atoms with E-state index in [2.05, 4.69) is 0 Å². The van der Waals surface area contributed by atoms with Gasteiger partial charge in [-0.15, -0.1) is 11.3 Å². The first kappa shape index (κ1) is 11.5. The van der Waals surface area contributed by atoms with Crippen molar-refractivity contribution in [2.75, 3.05) is 0 Å². The SMILES string of the molecule is Cc1ccc(C(=O)[C@]2(C)CCCCC2=O)s1. The summed E-state index contributed by atoms with van der Waals surface area (Å²) < 4.78 is 0. The van der Waals surface area contributed by atoms with Crippen LogP contribution in [-0.4, -0.2) is 11.6 Å². The molecule has 1 fully saturated rings. The summed E-state index contributed by atoms with van der Waals surface area (Å²) in [5, 5.41) is 0. The second kappa shape index (κ2) is 4.13. The Morgan fingerprint density at radius 3 is 2.69 bits per heavy atom. The number of rotatable bonds is 2. The highest BCUT2D eigenvalue weighted by atomic mass is 32.1. The van der Waals surface area contributed by atoms with Gasteiger partial charge in [-0.1, -0.05) is 6.42 Å². The van der Waals surface area contributed by atoms with E-state index >= 15 is 0 Å². The predicted molar refractivity (Wildman–Crippen MR) is 65.0 cm³/mol. The second-order valence-electron chi connectivity index (χ2n) is 4.70. The molecular weight excluding hydrogens is 220 g/mol. The molecule has 0 aliphatic heterocycles. The summed E-state index contributed by atoms with van der Waals surface area (Å²) in [6.45, 7) is 3.79. The molecule has 1 heterocycles. The van der Waals surface area contributed by atoms with Gasteiger partial charge >= 0.3 is 0 Å². The standard InChI is InChI=1S/C13H16O2S/c1-9-6-7-10(16-9)12(15)13(2)8-4-3-5-11(13)14/h6-7H,3-5,8H2,1-2H3/t13-/m1/s1. The number of aryl methyl sites for hydroxylation is 1. The van der Waals surface area contributed by atoms with Gasteiger partial charge in [-0.05, 0) is 38.8 Å². The van der Waals surface area contributed by atoms with E-state index in [0.717, 1.165) is 22.6 Å². The fraction of sp³-hybridized carbons (Fsp3) is 0.538. The van der Waals surface area contributed by atoms with Gasteiger partial charge in [0.15, 0.2) is 5.78 Å². The lowest BCUT2D eigenvalue weighted by Gasteiger charge is -2.29. The van der Waals surface area contributed by atoms with Crippen LogP contribution in [0.15, 0.2) is 12.1 Å². The monoisotopic (exact) mass is 236 g/mol. The van der Waals surface area contributed by atoms with Crippen LogP contribution in [0.2, 0.25) is 0 Å². The Labute approximate surface area is 99.7 Å². The van der Waals surface area contributed by atoms with Gasteiger partial charge in [-0.2, -0.15) is 0 Å². The maximum atomic E-state index is 12.3. The van der Waals surface area contributed by atoms with E-state index in [1.54, 1.807) is 0 Å². The zero-order chi connectivity index (χ0) is 11.8. The maximum Gasteiger partial charge on any atom is 0.186 e. The molecule has 1 aliphatic rings. The molecule has 2 rings (SSSR count). The first-order valence-corrected chi connectivity index (χ1v) is 6.50. The van der Waals surface area contributed by atoms with Gasteiger partial charge < -0.3 is 0 Å². The summed E-state index contributed by atoms with van der Waals surface area (Å²) in [6.07, 6.45) is 3.19. The molecule has 0 amide bonds. The lowest BCUT2D eigenvalue weighted by molar-refractivity contribution is -0.127. The highest BCUT2D eigenvalue weighted by molar-refractivity contribution is 7.14. The number of carbonyl (C=O) groups excluding carboxylic acids is 2. The number of carbonyl (C=O) groups is 2. The number of ketones is 2. The van der Waals surface area contributed by atoms with Crippen molar-refractivity contribution in [1.29, 1.82) is 0 Å². The molecule has 0 spiro atoms. The highest BCUT2D eigenvalue weighted by Gasteiger charge is 2.42. The Kier molecular flexibility index (Phi) is 2.98. The van der Waals surface area contributed by atoms with Gasteiger partial charge in [0.25, 0.3) is 0 Å². The van der Waals surface area contributed by atoms with E-state index in [1.165, 1.54) is 11.3 Å². The number of Topliss-reactive ketones (excluding diaryl/α,β-unsaturated/α-hetero) is 2. The molecule has 0 aromatic carbocycles. The highest BCUT2D eigenvalue weighted by Crippen LogP contribution is 2.37. The maximum absolute atomic E-state index is 12.3. The largest absolute Gasteiger partial charge is 0.299 e. The van der Waals surface area contributed by atoms with E-state index in [4.69, 9.17) is 0 Å². The fourth-order valence-electron chi connectivity index (χ4n) is 2.25. The van der Waals surface area contributed by atoms with Crippen LogP contribution in [0.1, 0.15) is 47.2 Å². The Bertz CT molecular complexity index is 433. The third kappa shape index (κ3) is 1.84. The minimum absolute atomic E-state index is 0.0234. The van der Waals surface area contributed by atoms with E-state index < -0.39 is 5.41 Å². The first-order valence-electron chi connectivity index (χ1n) is 5.68. The molecule has 0 saturated heterocycles. The van der Waals surface area contributed by atoms with Gasteiger partial charge in [0.2, 0.25) is 0 Å². The van der Waals surface area contributed by atoms with Crippen molar-refractivity contribution in [2.45, 2.75) is 39.5 Å². The van der Waals surface area contributed by atoms with Crippen molar-refractivity contribution in [1.82, 2.24) is 0 Å². The zero-order valence-electron chi connectivity index (χ0n) is 9.71. The molecule has 16 heavy (non-hydrogen) atoms. The number of thiophene rings is 1. The molecular formula is C13H16O2S. The van der Waals surface area contributed by atoms with Crippen LogP contribution in [0.5, 0.6) is 0 Å². The Balaban J connectivity index is 2.29. The molecule has 1 saturated carbocycles. The molecule has 0 unspecified atom stereocenters. The van der Waals surface area contributed by atoms with Gasteiger partial charge in [0, 0.05) is 11.3 Å². The molecule has 1 aliphatic carbocycles. The van der Waals surface area contributed by atoms with Gasteiger partial charge in [-0.3, -0.25) is 9.59 Å². The summed E-state index contributed by atoms with van der Waals surface area (Å²) in [4.78, 5) is 26.1. The average molecular weight is 236 g/mol. The van der Waals surface area contributed by atoms with Gasteiger partial charge in [0.05, 0.1) is 10.3 Å². The van der Waals surface area contributed by atoms with Crippen molar-refractivity contribution in [2.24, 2.45) is 5.41 Å². The Morgan fingerprint density at radius 2 is 2.12 bits per heavy atom. The van der Waals surface area contributed by atoms with Gasteiger partial charge in [-0.25, -0.2) is 0 Å². The summed E-state index contributed by atoms with van der Waals surface area (Å²) in [6, 6.07) is 3.78. The van der Waals surface area contributed by atoms with Crippen molar-refractivity contribution in [3.63, 3.8) is 0 Å². The third-order valence-electron chi connectivity index (χ3n) is 3.41. The normalized spacial score (nSPS) is 25.8. The lowest BCUT2D eigenvalue weighted by Crippen LogP contribution is -2.38. The summed E-state index contributed by atoms with van der Waals surface area (Å²) in [5.41, 5.74) is -0.754. The number of hydrogen-bond donors (Lipinski definition) is 0. The molecule has 1 atom stereocenters. The summed E-state index contributed by atoms with van der Waals surface area (Å²) in [5.74, 6) is 0.144. The molecule has 2 nitrogen and oxygen atoms in total. The average Bonchev–Trinajstić information content (AvgIpc) is 2.68. The predicted octanol–water partition coefficient (Wildman–Crippen LogP) is 3.39. The van der Waals surface area contributed by atoms with Crippen molar-refractivity contribution >= 4 is 22.9 Å². The molecule has 1 aromatic rings. The Hall–Kier alpha value is -0.960.